The second-order valence-corrected chi connectivity index (χ2v) is 7.90. The van der Waals surface area contributed by atoms with Crippen LogP contribution in [0.5, 0.6) is 0 Å². The first-order chi connectivity index (χ1) is 14.6. The predicted octanol–water partition coefficient (Wildman–Crippen LogP) is 3.08. The van der Waals surface area contributed by atoms with Gasteiger partial charge in [0.25, 0.3) is 5.91 Å². The number of carbonyl (C=O) groups is 2. The first-order valence-electron chi connectivity index (χ1n) is 10.1. The summed E-state index contributed by atoms with van der Waals surface area (Å²) in [5.74, 6) is -0.378. The Morgan fingerprint density at radius 1 is 1.13 bits per heavy atom. The molecule has 152 valence electrons. The van der Waals surface area contributed by atoms with Crippen molar-refractivity contribution in [3.8, 4) is 5.69 Å². The number of amides is 2. The SMILES string of the molecule is O=C(NC1(C(=O)N[C@@H]2CCc3ccccc3-n3ccnc32)CC1)c1cccc(F)c1. The van der Waals surface area contributed by atoms with Gasteiger partial charge in [-0.05, 0) is 55.5 Å². The zero-order valence-electron chi connectivity index (χ0n) is 16.3. The molecule has 2 aliphatic rings. The molecule has 2 amide bonds. The molecule has 0 unspecified atom stereocenters. The zero-order valence-corrected chi connectivity index (χ0v) is 16.3. The van der Waals surface area contributed by atoms with Crippen molar-refractivity contribution in [2.75, 3.05) is 0 Å². The fraction of sp³-hybridized carbons (Fsp3) is 0.261. The van der Waals surface area contributed by atoms with Gasteiger partial charge in [-0.1, -0.05) is 24.3 Å². The van der Waals surface area contributed by atoms with E-state index in [1.165, 1.54) is 29.8 Å². The van der Waals surface area contributed by atoms with Gasteiger partial charge < -0.3 is 15.2 Å². The van der Waals surface area contributed by atoms with Gasteiger partial charge in [-0.25, -0.2) is 9.37 Å². The second kappa shape index (κ2) is 7.09. The van der Waals surface area contributed by atoms with Crippen LogP contribution in [-0.2, 0) is 11.2 Å². The van der Waals surface area contributed by atoms with Crippen molar-refractivity contribution in [3.63, 3.8) is 0 Å². The minimum absolute atomic E-state index is 0.203. The van der Waals surface area contributed by atoms with Crippen LogP contribution < -0.4 is 10.6 Å². The molecule has 0 bridgehead atoms. The number of carbonyl (C=O) groups excluding carboxylic acids is 2. The average Bonchev–Trinajstić information content (AvgIpc) is 3.40. The van der Waals surface area contributed by atoms with Gasteiger partial charge in [0.15, 0.2) is 0 Å². The third kappa shape index (κ3) is 3.26. The lowest BCUT2D eigenvalue weighted by molar-refractivity contribution is -0.124. The first-order valence-corrected chi connectivity index (χ1v) is 10.1. The van der Waals surface area contributed by atoms with E-state index in [0.717, 1.165) is 17.9 Å². The van der Waals surface area contributed by atoms with E-state index in [-0.39, 0.29) is 17.5 Å². The van der Waals surface area contributed by atoms with Crippen molar-refractivity contribution in [2.24, 2.45) is 0 Å². The van der Waals surface area contributed by atoms with E-state index in [9.17, 15) is 14.0 Å². The summed E-state index contributed by atoms with van der Waals surface area (Å²) in [5, 5.41) is 5.90. The molecule has 1 aromatic heterocycles. The third-order valence-corrected chi connectivity index (χ3v) is 5.86. The molecular formula is C23H21FN4O2. The van der Waals surface area contributed by atoms with Crippen molar-refractivity contribution < 1.29 is 14.0 Å². The van der Waals surface area contributed by atoms with Crippen LogP contribution >= 0.6 is 0 Å². The number of rotatable bonds is 4. The Morgan fingerprint density at radius 3 is 2.77 bits per heavy atom. The summed E-state index contributed by atoms with van der Waals surface area (Å²) < 4.78 is 15.4. The smallest absolute Gasteiger partial charge is 0.252 e. The molecule has 0 radical (unpaired) electrons. The van der Waals surface area contributed by atoms with Crippen LogP contribution in [0.2, 0.25) is 0 Å². The van der Waals surface area contributed by atoms with Crippen LogP contribution in [0.15, 0.2) is 60.9 Å². The van der Waals surface area contributed by atoms with Crippen molar-refractivity contribution in [3.05, 3.63) is 83.7 Å². The molecule has 1 saturated carbocycles. The number of nitrogens with zero attached hydrogens (tertiary/aromatic N) is 2. The standard InChI is InChI=1S/C23H21FN4O2/c24-17-6-3-5-16(14-17)21(29)27-23(10-11-23)22(30)26-18-9-8-15-4-1-2-7-19(15)28-13-12-25-20(18)28/h1-7,12-14,18H,8-11H2,(H,26,30)(H,27,29)/t18-/m1/s1. The Bertz CT molecular complexity index is 1140. The molecule has 5 rings (SSSR count). The van der Waals surface area contributed by atoms with Crippen LogP contribution in [0, 0.1) is 5.82 Å². The zero-order chi connectivity index (χ0) is 20.7. The quantitative estimate of drug-likeness (QED) is 0.702. The van der Waals surface area contributed by atoms with Gasteiger partial charge in [-0.3, -0.25) is 9.59 Å². The summed E-state index contributed by atoms with van der Waals surface area (Å²) in [5.41, 5.74) is 1.53. The number of imidazole rings is 1. The molecule has 30 heavy (non-hydrogen) atoms. The van der Waals surface area contributed by atoms with E-state index in [4.69, 9.17) is 0 Å². The van der Waals surface area contributed by atoms with E-state index < -0.39 is 17.3 Å². The van der Waals surface area contributed by atoms with Gasteiger partial charge in [0.1, 0.15) is 17.2 Å². The predicted molar refractivity (Wildman–Crippen MR) is 109 cm³/mol. The molecule has 1 aliphatic carbocycles. The summed E-state index contributed by atoms with van der Waals surface area (Å²) >= 11 is 0. The summed E-state index contributed by atoms with van der Waals surface area (Å²) in [4.78, 5) is 30.1. The number of fused-ring (bicyclic) bond motifs is 3. The Hall–Kier alpha value is -3.48. The second-order valence-electron chi connectivity index (χ2n) is 7.90. The van der Waals surface area contributed by atoms with Gasteiger partial charge in [-0.2, -0.15) is 0 Å². The van der Waals surface area contributed by atoms with E-state index in [2.05, 4.69) is 21.7 Å². The van der Waals surface area contributed by atoms with E-state index in [0.29, 0.717) is 19.3 Å². The van der Waals surface area contributed by atoms with Crippen LogP contribution in [0.3, 0.4) is 0 Å². The lowest BCUT2D eigenvalue weighted by Gasteiger charge is -2.22. The number of hydrogen-bond acceptors (Lipinski definition) is 3. The van der Waals surface area contributed by atoms with Crippen LogP contribution in [-0.4, -0.2) is 26.9 Å². The monoisotopic (exact) mass is 404 g/mol. The highest BCUT2D eigenvalue weighted by Gasteiger charge is 2.52. The Balaban J connectivity index is 1.34. The maximum Gasteiger partial charge on any atom is 0.252 e. The molecule has 0 spiro atoms. The maximum absolute atomic E-state index is 13.4. The number of halogens is 1. The van der Waals surface area contributed by atoms with Gasteiger partial charge in [0.05, 0.1) is 6.04 Å². The third-order valence-electron chi connectivity index (χ3n) is 5.86. The number of para-hydroxylation sites is 1. The van der Waals surface area contributed by atoms with Crippen molar-refractivity contribution >= 4 is 11.8 Å². The normalized spacial score (nSPS) is 18.5. The number of nitrogens with one attached hydrogen (secondary N) is 2. The Labute approximate surface area is 173 Å². The molecule has 2 N–H and O–H groups in total. The minimum atomic E-state index is -0.944. The van der Waals surface area contributed by atoms with Crippen molar-refractivity contribution in [2.45, 2.75) is 37.3 Å². The fourth-order valence-corrected chi connectivity index (χ4v) is 4.05. The molecule has 1 atom stereocenters. The average molecular weight is 404 g/mol. The Morgan fingerprint density at radius 2 is 1.97 bits per heavy atom. The highest BCUT2D eigenvalue weighted by Crippen LogP contribution is 2.37. The first kappa shape index (κ1) is 18.5. The molecule has 7 heteroatoms. The lowest BCUT2D eigenvalue weighted by Crippen LogP contribution is -2.50. The molecular weight excluding hydrogens is 383 g/mol. The summed E-state index contributed by atoms with van der Waals surface area (Å²) in [6.07, 6.45) is 6.27. The highest BCUT2D eigenvalue weighted by atomic mass is 19.1. The Kier molecular flexibility index (Phi) is 4.38. The maximum atomic E-state index is 13.4. The van der Waals surface area contributed by atoms with Crippen LogP contribution in [0.4, 0.5) is 4.39 Å². The minimum Gasteiger partial charge on any atom is -0.344 e. The van der Waals surface area contributed by atoms with Crippen molar-refractivity contribution in [1.82, 2.24) is 20.2 Å². The van der Waals surface area contributed by atoms with Gasteiger partial charge in [0, 0.05) is 23.6 Å². The lowest BCUT2D eigenvalue weighted by atomic mass is 10.0. The van der Waals surface area contributed by atoms with E-state index in [1.54, 1.807) is 6.20 Å². The van der Waals surface area contributed by atoms with E-state index >= 15 is 0 Å². The molecule has 1 aliphatic heterocycles. The van der Waals surface area contributed by atoms with E-state index in [1.807, 2.05) is 29.0 Å². The summed E-state index contributed by atoms with van der Waals surface area (Å²) in [7, 11) is 0. The van der Waals surface area contributed by atoms with Gasteiger partial charge >= 0.3 is 0 Å². The van der Waals surface area contributed by atoms with Crippen LogP contribution in [0.25, 0.3) is 5.69 Å². The van der Waals surface area contributed by atoms with Gasteiger partial charge in [0.2, 0.25) is 5.91 Å². The molecule has 0 saturated heterocycles. The highest BCUT2D eigenvalue weighted by molar-refractivity contribution is 6.00. The molecule has 2 heterocycles. The number of benzene rings is 2. The number of aromatic nitrogens is 2. The molecule has 1 fully saturated rings. The molecule has 6 nitrogen and oxygen atoms in total. The molecule has 2 aromatic carbocycles. The number of hydrogen-bond donors (Lipinski definition) is 2. The summed E-state index contributed by atoms with van der Waals surface area (Å²) in [6.45, 7) is 0. The van der Waals surface area contributed by atoms with Gasteiger partial charge in [-0.15, -0.1) is 0 Å². The molecule has 3 aromatic rings. The largest absolute Gasteiger partial charge is 0.344 e. The van der Waals surface area contributed by atoms with Crippen LogP contribution in [0.1, 0.15) is 47.1 Å². The topological polar surface area (TPSA) is 76.0 Å². The fourth-order valence-electron chi connectivity index (χ4n) is 4.05. The van der Waals surface area contributed by atoms with Crippen molar-refractivity contribution in [1.29, 1.82) is 0 Å². The summed E-state index contributed by atoms with van der Waals surface area (Å²) in [6, 6.07) is 13.3. The number of aryl methyl sites for hydroxylation is 1.